The molecule has 5 rings (SSSR count). The second-order valence-electron chi connectivity index (χ2n) is 8.82. The van der Waals surface area contributed by atoms with Crippen LogP contribution in [0.1, 0.15) is 42.3 Å². The first-order chi connectivity index (χ1) is 15.6. The van der Waals surface area contributed by atoms with E-state index in [-0.39, 0.29) is 35.8 Å². The summed E-state index contributed by atoms with van der Waals surface area (Å²) in [5, 5.41) is 0. The molecule has 0 radical (unpaired) electrons. The molecule has 2 saturated heterocycles. The van der Waals surface area contributed by atoms with Crippen molar-refractivity contribution in [3.05, 3.63) is 41.6 Å². The average Bonchev–Trinajstić information content (AvgIpc) is 3.53. The molecule has 0 unspecified atom stereocenters. The molecule has 178 valence electrons. The van der Waals surface area contributed by atoms with Crippen molar-refractivity contribution in [2.45, 2.75) is 55.3 Å². The number of rotatable bonds is 5. The minimum atomic E-state index is -4.62. The second-order valence-corrected chi connectivity index (χ2v) is 10.7. The van der Waals surface area contributed by atoms with Crippen LogP contribution in [0.15, 0.2) is 29.4 Å². The van der Waals surface area contributed by atoms with Gasteiger partial charge in [0, 0.05) is 44.6 Å². The van der Waals surface area contributed by atoms with Crippen molar-refractivity contribution >= 4 is 10.0 Å². The van der Waals surface area contributed by atoms with Gasteiger partial charge in [0.25, 0.3) is 0 Å². The number of ether oxygens (including phenoxy) is 1. The molecular formula is C21H24F3N5O3S. The van der Waals surface area contributed by atoms with Crippen LogP contribution in [0.4, 0.5) is 13.2 Å². The Morgan fingerprint density at radius 3 is 2.52 bits per heavy atom. The quantitative estimate of drug-likeness (QED) is 0.646. The van der Waals surface area contributed by atoms with Crippen molar-refractivity contribution < 1.29 is 26.3 Å². The first-order valence-electron chi connectivity index (χ1n) is 10.9. The van der Waals surface area contributed by atoms with Crippen LogP contribution in [0, 0.1) is 6.92 Å². The molecule has 1 aliphatic carbocycles. The zero-order valence-electron chi connectivity index (χ0n) is 18.0. The van der Waals surface area contributed by atoms with Crippen LogP contribution in [-0.4, -0.2) is 70.9 Å². The molecule has 2 atom stereocenters. The lowest BCUT2D eigenvalue weighted by molar-refractivity contribution is -0.141. The third-order valence-corrected chi connectivity index (χ3v) is 8.42. The van der Waals surface area contributed by atoms with Crippen molar-refractivity contribution in [2.75, 3.05) is 26.2 Å². The van der Waals surface area contributed by atoms with Crippen molar-refractivity contribution in [1.29, 1.82) is 0 Å². The van der Waals surface area contributed by atoms with Gasteiger partial charge in [0.05, 0.1) is 23.8 Å². The number of nitrogens with zero attached hydrogens (tertiary/aromatic N) is 5. The molecule has 8 nitrogen and oxygen atoms in total. The lowest BCUT2D eigenvalue weighted by Crippen LogP contribution is -2.52. The Kier molecular flexibility index (Phi) is 5.57. The fraction of sp³-hybridized carbons (Fsp3) is 0.571. The Bertz CT molecular complexity index is 1140. The maximum atomic E-state index is 13.2. The van der Waals surface area contributed by atoms with E-state index >= 15 is 0 Å². The summed E-state index contributed by atoms with van der Waals surface area (Å²) in [6.07, 6.45) is 1.56. The first-order valence-corrected chi connectivity index (χ1v) is 12.3. The molecule has 0 amide bonds. The Hall–Kier alpha value is -2.31. The van der Waals surface area contributed by atoms with Crippen molar-refractivity contribution in [2.24, 2.45) is 0 Å². The van der Waals surface area contributed by atoms with Gasteiger partial charge < -0.3 is 4.74 Å². The van der Waals surface area contributed by atoms with E-state index in [4.69, 9.17) is 4.74 Å². The Labute approximate surface area is 189 Å². The van der Waals surface area contributed by atoms with Gasteiger partial charge in [0.2, 0.25) is 15.9 Å². The first kappa shape index (κ1) is 22.5. The van der Waals surface area contributed by atoms with Crippen LogP contribution in [0.5, 0.6) is 5.88 Å². The molecular weight excluding hydrogens is 459 g/mol. The molecule has 2 aromatic heterocycles. The Morgan fingerprint density at radius 2 is 1.88 bits per heavy atom. The number of aromatic nitrogens is 3. The Balaban J connectivity index is 1.25. The molecule has 3 aliphatic rings. The van der Waals surface area contributed by atoms with Gasteiger partial charge in [0.15, 0.2) is 0 Å². The van der Waals surface area contributed by atoms with E-state index in [0.717, 1.165) is 24.6 Å². The van der Waals surface area contributed by atoms with E-state index in [1.54, 1.807) is 12.4 Å². The second kappa shape index (κ2) is 8.17. The molecule has 3 fully saturated rings. The lowest BCUT2D eigenvalue weighted by atomic mass is 10.2. The van der Waals surface area contributed by atoms with E-state index in [1.807, 2.05) is 0 Å². The molecule has 0 aromatic carbocycles. The molecule has 12 heteroatoms. The summed E-state index contributed by atoms with van der Waals surface area (Å²) in [5.41, 5.74) is -0.277. The number of hydrogen-bond acceptors (Lipinski definition) is 7. The highest BCUT2D eigenvalue weighted by Crippen LogP contribution is 2.38. The topological polar surface area (TPSA) is 88.5 Å². The third kappa shape index (κ3) is 4.56. The summed E-state index contributed by atoms with van der Waals surface area (Å²) in [6, 6.07) is 1.67. The molecule has 2 aromatic rings. The van der Waals surface area contributed by atoms with Gasteiger partial charge in [-0.1, -0.05) is 0 Å². The molecule has 33 heavy (non-hydrogen) atoms. The SMILES string of the molecule is Cc1nc(C(F)(F)F)ccc1S(=O)(=O)N1CCN2C[C@H](Oc3cnc(C4CC4)cn3)C[C@H]2C1. The van der Waals surface area contributed by atoms with E-state index < -0.39 is 21.9 Å². The molecule has 1 saturated carbocycles. The minimum Gasteiger partial charge on any atom is -0.472 e. The van der Waals surface area contributed by atoms with Crippen molar-refractivity contribution in [1.82, 2.24) is 24.2 Å². The third-order valence-electron chi connectivity index (χ3n) is 6.42. The van der Waals surface area contributed by atoms with Crippen molar-refractivity contribution in [3.63, 3.8) is 0 Å². The lowest BCUT2D eigenvalue weighted by Gasteiger charge is -2.36. The van der Waals surface area contributed by atoms with Crippen LogP contribution in [0.25, 0.3) is 0 Å². The van der Waals surface area contributed by atoms with Crippen LogP contribution >= 0.6 is 0 Å². The summed E-state index contributed by atoms with van der Waals surface area (Å²) >= 11 is 0. The fourth-order valence-electron chi connectivity index (χ4n) is 4.54. The molecule has 0 spiro atoms. The number of aryl methyl sites for hydroxylation is 1. The summed E-state index contributed by atoms with van der Waals surface area (Å²) in [5.74, 6) is 0.976. The number of hydrogen-bond donors (Lipinski definition) is 0. The average molecular weight is 484 g/mol. The van der Waals surface area contributed by atoms with E-state index in [9.17, 15) is 21.6 Å². The van der Waals surface area contributed by atoms with Crippen LogP contribution in [0.3, 0.4) is 0 Å². The molecule has 0 bridgehead atoms. The van der Waals surface area contributed by atoms with E-state index in [0.29, 0.717) is 37.4 Å². The molecule has 2 aliphatic heterocycles. The monoisotopic (exact) mass is 483 g/mol. The minimum absolute atomic E-state index is 0.0417. The van der Waals surface area contributed by atoms with E-state index in [2.05, 4.69) is 19.9 Å². The van der Waals surface area contributed by atoms with Crippen LogP contribution in [-0.2, 0) is 16.2 Å². The Morgan fingerprint density at radius 1 is 1.09 bits per heavy atom. The zero-order chi connectivity index (χ0) is 23.4. The standard InChI is InChI=1S/C21H24F3N5O3S/c1-13-18(4-5-19(27-13)21(22,23)24)33(30,31)29-7-6-28-12-16(8-15(28)11-29)32-20-10-25-17(9-26-20)14-2-3-14/h4-5,9-10,14-16H,2-3,6-8,11-12H2,1H3/t15-,16+/m0/s1. The number of pyridine rings is 1. The maximum Gasteiger partial charge on any atom is 0.433 e. The van der Waals surface area contributed by atoms with Gasteiger partial charge in [-0.05, 0) is 31.9 Å². The predicted octanol–water partition coefficient (Wildman–Crippen LogP) is 2.60. The van der Waals surface area contributed by atoms with Crippen LogP contribution < -0.4 is 4.74 Å². The summed E-state index contributed by atoms with van der Waals surface area (Å²) < 4.78 is 72.3. The molecule has 0 N–H and O–H groups in total. The number of sulfonamides is 1. The number of piperazine rings is 1. The van der Waals surface area contributed by atoms with Gasteiger partial charge in [-0.3, -0.25) is 9.88 Å². The summed E-state index contributed by atoms with van der Waals surface area (Å²) in [4.78, 5) is 14.2. The largest absolute Gasteiger partial charge is 0.472 e. The summed E-state index contributed by atoms with van der Waals surface area (Å²) in [7, 11) is -3.96. The maximum absolute atomic E-state index is 13.2. The number of halogens is 3. The zero-order valence-corrected chi connectivity index (χ0v) is 18.8. The van der Waals surface area contributed by atoms with Crippen LogP contribution in [0.2, 0.25) is 0 Å². The smallest absolute Gasteiger partial charge is 0.433 e. The predicted molar refractivity (Wildman–Crippen MR) is 111 cm³/mol. The van der Waals surface area contributed by atoms with Gasteiger partial charge in [-0.2, -0.15) is 17.5 Å². The highest BCUT2D eigenvalue weighted by Gasteiger charge is 2.42. The van der Waals surface area contributed by atoms with Gasteiger partial charge in [-0.15, -0.1) is 0 Å². The fourth-order valence-corrected chi connectivity index (χ4v) is 6.16. The van der Waals surface area contributed by atoms with Gasteiger partial charge in [-0.25, -0.2) is 18.4 Å². The van der Waals surface area contributed by atoms with Gasteiger partial charge in [0.1, 0.15) is 16.7 Å². The van der Waals surface area contributed by atoms with Crippen molar-refractivity contribution in [3.8, 4) is 5.88 Å². The van der Waals surface area contributed by atoms with E-state index in [1.165, 1.54) is 11.2 Å². The number of fused-ring (bicyclic) bond motifs is 1. The highest BCUT2D eigenvalue weighted by molar-refractivity contribution is 7.89. The normalized spacial score (nSPS) is 24.6. The van der Waals surface area contributed by atoms with Gasteiger partial charge >= 0.3 is 6.18 Å². The summed E-state index contributed by atoms with van der Waals surface area (Å²) in [6.45, 7) is 2.96. The molecule has 4 heterocycles. The number of alkyl halides is 3. The highest BCUT2D eigenvalue weighted by atomic mass is 32.2.